The maximum absolute atomic E-state index is 6.20. The zero-order valence-corrected chi connectivity index (χ0v) is 12.5. The van der Waals surface area contributed by atoms with E-state index in [0.29, 0.717) is 5.92 Å². The van der Waals surface area contributed by atoms with E-state index < -0.39 is 0 Å². The summed E-state index contributed by atoms with van der Waals surface area (Å²) in [5.41, 5.74) is 5.56. The third kappa shape index (κ3) is 2.07. The molecule has 20 heavy (non-hydrogen) atoms. The maximum atomic E-state index is 6.20. The van der Waals surface area contributed by atoms with E-state index in [1.165, 1.54) is 48.6 Å². The minimum Gasteiger partial charge on any atom is -0.459 e. The summed E-state index contributed by atoms with van der Waals surface area (Å²) in [6.07, 6.45) is 6.41. The number of nitrogens with one attached hydrogen (secondary N) is 1. The molecular formula is C18H23NO. The van der Waals surface area contributed by atoms with E-state index in [-0.39, 0.29) is 0 Å². The molecule has 4 rings (SSSR count). The molecule has 0 saturated heterocycles. The van der Waals surface area contributed by atoms with Crippen LogP contribution in [0.1, 0.15) is 61.5 Å². The first-order valence-electron chi connectivity index (χ1n) is 8.03. The molecule has 1 N–H and O–H groups in total. The SMILES string of the molecule is CC(C)c1c(CNC2CC2)oc2cc3c(cc12)CCC3. The zero-order chi connectivity index (χ0) is 13.7. The summed E-state index contributed by atoms with van der Waals surface area (Å²) in [6, 6.07) is 5.43. The number of fused-ring (bicyclic) bond motifs is 2. The van der Waals surface area contributed by atoms with Crippen molar-refractivity contribution in [2.75, 3.05) is 0 Å². The van der Waals surface area contributed by atoms with Gasteiger partial charge in [-0.1, -0.05) is 13.8 Å². The summed E-state index contributed by atoms with van der Waals surface area (Å²) in [5.74, 6) is 1.68. The molecule has 0 aliphatic heterocycles. The fourth-order valence-corrected chi connectivity index (χ4v) is 3.52. The Bertz CT molecular complexity index is 649. The Kier molecular flexibility index (Phi) is 2.88. The van der Waals surface area contributed by atoms with Crippen LogP contribution in [0.4, 0.5) is 0 Å². The van der Waals surface area contributed by atoms with E-state index in [1.807, 2.05) is 0 Å². The van der Waals surface area contributed by atoms with Gasteiger partial charge in [-0.15, -0.1) is 0 Å². The van der Waals surface area contributed by atoms with Gasteiger partial charge in [0.2, 0.25) is 0 Å². The Morgan fingerprint density at radius 3 is 2.65 bits per heavy atom. The minimum absolute atomic E-state index is 0.520. The van der Waals surface area contributed by atoms with E-state index in [1.54, 1.807) is 5.56 Å². The lowest BCUT2D eigenvalue weighted by Crippen LogP contribution is -2.15. The molecule has 1 aromatic heterocycles. The van der Waals surface area contributed by atoms with Gasteiger partial charge in [0.1, 0.15) is 11.3 Å². The van der Waals surface area contributed by atoms with Gasteiger partial charge >= 0.3 is 0 Å². The molecule has 2 nitrogen and oxygen atoms in total. The predicted molar refractivity (Wildman–Crippen MR) is 82.2 cm³/mol. The van der Waals surface area contributed by atoms with Gasteiger partial charge in [-0.05, 0) is 61.3 Å². The average Bonchev–Trinajstić information content (AvgIpc) is 3.01. The maximum Gasteiger partial charge on any atom is 0.134 e. The van der Waals surface area contributed by atoms with Crippen molar-refractivity contribution >= 4 is 11.0 Å². The van der Waals surface area contributed by atoms with Crippen molar-refractivity contribution in [1.29, 1.82) is 0 Å². The molecule has 0 atom stereocenters. The molecule has 106 valence electrons. The van der Waals surface area contributed by atoms with Gasteiger partial charge in [0, 0.05) is 17.0 Å². The number of hydrogen-bond acceptors (Lipinski definition) is 2. The van der Waals surface area contributed by atoms with Crippen LogP contribution in [0.25, 0.3) is 11.0 Å². The second kappa shape index (κ2) is 4.63. The molecule has 1 aromatic carbocycles. The first-order chi connectivity index (χ1) is 9.72. The smallest absolute Gasteiger partial charge is 0.134 e. The molecule has 0 unspecified atom stereocenters. The van der Waals surface area contributed by atoms with Crippen molar-refractivity contribution in [3.05, 3.63) is 34.6 Å². The van der Waals surface area contributed by atoms with Crippen LogP contribution in [0.3, 0.4) is 0 Å². The van der Waals surface area contributed by atoms with Gasteiger partial charge in [0.25, 0.3) is 0 Å². The highest BCUT2D eigenvalue weighted by Gasteiger charge is 2.24. The Morgan fingerprint density at radius 2 is 1.95 bits per heavy atom. The fourth-order valence-electron chi connectivity index (χ4n) is 3.52. The molecule has 0 amide bonds. The van der Waals surface area contributed by atoms with Gasteiger partial charge in [-0.3, -0.25) is 0 Å². The fraction of sp³-hybridized carbons (Fsp3) is 0.556. The van der Waals surface area contributed by atoms with Crippen LogP contribution in [0.2, 0.25) is 0 Å². The number of rotatable bonds is 4. The third-order valence-electron chi connectivity index (χ3n) is 4.72. The van der Waals surface area contributed by atoms with E-state index in [0.717, 1.165) is 23.9 Å². The molecule has 0 spiro atoms. The number of hydrogen-bond donors (Lipinski definition) is 1. The Balaban J connectivity index is 1.79. The van der Waals surface area contributed by atoms with Crippen molar-refractivity contribution in [2.45, 2.75) is 64.5 Å². The van der Waals surface area contributed by atoms with Gasteiger partial charge in [-0.2, -0.15) is 0 Å². The molecule has 1 heterocycles. The number of aryl methyl sites for hydroxylation is 2. The number of furan rings is 1. The topological polar surface area (TPSA) is 25.2 Å². The highest BCUT2D eigenvalue weighted by molar-refractivity contribution is 5.84. The number of benzene rings is 1. The molecule has 0 bridgehead atoms. The van der Waals surface area contributed by atoms with Crippen LogP contribution >= 0.6 is 0 Å². The van der Waals surface area contributed by atoms with Crippen LogP contribution in [0.5, 0.6) is 0 Å². The van der Waals surface area contributed by atoms with E-state index >= 15 is 0 Å². The summed E-state index contributed by atoms with van der Waals surface area (Å²) in [6.45, 7) is 5.44. The Labute approximate surface area is 120 Å². The highest BCUT2D eigenvalue weighted by Crippen LogP contribution is 2.36. The summed E-state index contributed by atoms with van der Waals surface area (Å²) in [4.78, 5) is 0. The standard InChI is InChI=1S/C18H23NO/c1-11(2)18-15-8-12-4-3-5-13(12)9-16(15)20-17(18)10-19-14-6-7-14/h8-9,11,14,19H,3-7,10H2,1-2H3. The van der Waals surface area contributed by atoms with E-state index in [4.69, 9.17) is 4.42 Å². The van der Waals surface area contributed by atoms with E-state index in [2.05, 4.69) is 31.3 Å². The van der Waals surface area contributed by atoms with Gasteiger partial charge in [0.05, 0.1) is 6.54 Å². The van der Waals surface area contributed by atoms with Gasteiger partial charge < -0.3 is 9.73 Å². The second-order valence-corrected chi connectivity index (χ2v) is 6.72. The van der Waals surface area contributed by atoms with E-state index in [9.17, 15) is 0 Å². The average molecular weight is 269 g/mol. The molecule has 0 radical (unpaired) electrons. The van der Waals surface area contributed by atoms with Crippen LogP contribution < -0.4 is 5.32 Å². The molecule has 2 aromatic rings. The molecular weight excluding hydrogens is 246 g/mol. The lowest BCUT2D eigenvalue weighted by molar-refractivity contribution is 0.503. The van der Waals surface area contributed by atoms with Gasteiger partial charge in [0.15, 0.2) is 0 Å². The normalized spacial score (nSPS) is 18.1. The van der Waals surface area contributed by atoms with Crippen molar-refractivity contribution in [3.63, 3.8) is 0 Å². The lowest BCUT2D eigenvalue weighted by atomic mass is 9.97. The summed E-state index contributed by atoms with van der Waals surface area (Å²) in [5, 5.41) is 4.95. The quantitative estimate of drug-likeness (QED) is 0.895. The molecule has 1 fully saturated rings. The van der Waals surface area contributed by atoms with Crippen molar-refractivity contribution in [2.24, 2.45) is 0 Å². The van der Waals surface area contributed by atoms with Crippen molar-refractivity contribution in [1.82, 2.24) is 5.32 Å². The van der Waals surface area contributed by atoms with Crippen LogP contribution in [-0.2, 0) is 19.4 Å². The molecule has 2 aliphatic carbocycles. The Morgan fingerprint density at radius 1 is 1.20 bits per heavy atom. The van der Waals surface area contributed by atoms with Crippen LogP contribution in [0.15, 0.2) is 16.5 Å². The van der Waals surface area contributed by atoms with Crippen LogP contribution in [-0.4, -0.2) is 6.04 Å². The molecule has 2 aliphatic rings. The molecule has 1 saturated carbocycles. The summed E-state index contributed by atoms with van der Waals surface area (Å²) < 4.78 is 6.20. The first kappa shape index (κ1) is 12.5. The lowest BCUT2D eigenvalue weighted by Gasteiger charge is -2.07. The highest BCUT2D eigenvalue weighted by atomic mass is 16.3. The largest absolute Gasteiger partial charge is 0.459 e. The summed E-state index contributed by atoms with van der Waals surface area (Å²) in [7, 11) is 0. The van der Waals surface area contributed by atoms with Crippen molar-refractivity contribution in [3.8, 4) is 0 Å². The van der Waals surface area contributed by atoms with Crippen LogP contribution in [0, 0.1) is 0 Å². The zero-order valence-electron chi connectivity index (χ0n) is 12.5. The predicted octanol–water partition coefficient (Wildman–Crippen LogP) is 4.30. The third-order valence-corrected chi connectivity index (χ3v) is 4.72. The second-order valence-electron chi connectivity index (χ2n) is 6.72. The van der Waals surface area contributed by atoms with Gasteiger partial charge in [-0.25, -0.2) is 0 Å². The Hall–Kier alpha value is -1.28. The first-order valence-corrected chi connectivity index (χ1v) is 8.03. The monoisotopic (exact) mass is 269 g/mol. The minimum atomic E-state index is 0.520. The van der Waals surface area contributed by atoms with Crippen molar-refractivity contribution < 1.29 is 4.42 Å². The molecule has 2 heteroatoms. The summed E-state index contributed by atoms with van der Waals surface area (Å²) >= 11 is 0.